The van der Waals surface area contributed by atoms with Gasteiger partial charge in [-0.15, -0.1) is 0 Å². The monoisotopic (exact) mass is 332 g/mol. The zero-order chi connectivity index (χ0) is 4.50. The van der Waals surface area contributed by atoms with Gasteiger partial charge in [0.2, 0.25) is 0 Å². The smallest absolute Gasteiger partial charge is 1.00 e. The number of phosphoric acid groups is 1. The molecular formula is H3Ca3F6O4P. The fourth-order valence-corrected chi connectivity index (χ4v) is 0. The first-order valence-corrected chi connectivity index (χ1v) is 2.35. The Labute approximate surface area is 165 Å². The van der Waals surface area contributed by atoms with Crippen LogP contribution in [0.2, 0.25) is 0 Å². The molecule has 0 bridgehead atoms. The molecule has 0 saturated carbocycles. The van der Waals surface area contributed by atoms with Gasteiger partial charge in [-0.1, -0.05) is 0 Å². The van der Waals surface area contributed by atoms with E-state index < -0.39 is 7.82 Å². The second kappa shape index (κ2) is 44.0. The molecule has 0 aromatic carbocycles. The van der Waals surface area contributed by atoms with Gasteiger partial charge in [0, 0.05) is 0 Å². The van der Waals surface area contributed by atoms with Gasteiger partial charge in [-0.05, 0) is 0 Å². The molecule has 0 aliphatic carbocycles. The SMILES string of the molecule is O=P(O)(O)O.[Ca+2].[Ca+2].[Ca+2].[F-].[F-].[F-].[F-].[F-].[F-]. The Kier molecular flexibility index (Phi) is 267. The van der Waals surface area contributed by atoms with Crippen LogP contribution in [0.3, 0.4) is 0 Å². The van der Waals surface area contributed by atoms with Crippen molar-refractivity contribution in [2.24, 2.45) is 0 Å². The molecule has 0 amide bonds. The Bertz CT molecular complexity index is 71.2. The van der Waals surface area contributed by atoms with Crippen LogP contribution in [0.4, 0.5) is 0 Å². The summed E-state index contributed by atoms with van der Waals surface area (Å²) in [7, 11) is -4.64. The Morgan fingerprint density at radius 1 is 0.571 bits per heavy atom. The van der Waals surface area contributed by atoms with Gasteiger partial charge in [0.1, 0.15) is 0 Å². The minimum absolute atomic E-state index is 0. The normalized spacial score (nSPS) is 4.21. The fraction of sp³-hybridized carbons (Fsp3) is 0. The maximum atomic E-state index is 8.88. The molecular weight excluding hydrogens is 329 g/mol. The van der Waals surface area contributed by atoms with Crippen molar-refractivity contribution in [1.29, 1.82) is 0 Å². The molecule has 0 aromatic rings. The fourth-order valence-electron chi connectivity index (χ4n) is 0. The average molecular weight is 332 g/mol. The minimum Gasteiger partial charge on any atom is -1.00 e. The third-order valence-corrected chi connectivity index (χ3v) is 0. The van der Waals surface area contributed by atoms with Crippen LogP contribution < -0.4 is 28.2 Å². The largest absolute Gasteiger partial charge is 2.00 e. The van der Waals surface area contributed by atoms with E-state index in [4.69, 9.17) is 19.2 Å². The van der Waals surface area contributed by atoms with Crippen LogP contribution >= 0.6 is 7.82 Å². The Morgan fingerprint density at radius 2 is 0.571 bits per heavy atom. The topological polar surface area (TPSA) is 77.8 Å². The van der Waals surface area contributed by atoms with Crippen molar-refractivity contribution in [1.82, 2.24) is 0 Å². The molecule has 0 fully saturated rings. The van der Waals surface area contributed by atoms with Gasteiger partial charge in [-0.2, -0.15) is 0 Å². The molecule has 0 heterocycles. The molecule has 0 unspecified atom stereocenters. The van der Waals surface area contributed by atoms with E-state index in [-0.39, 0.29) is 141 Å². The third kappa shape index (κ3) is 269. The predicted octanol–water partition coefficient (Wildman–Crippen LogP) is -20.0. The number of rotatable bonds is 0. The Morgan fingerprint density at radius 3 is 0.571 bits per heavy atom. The Hall–Kier alpha value is 3.47. The maximum absolute atomic E-state index is 8.88. The molecule has 0 atom stereocenters. The van der Waals surface area contributed by atoms with E-state index in [9.17, 15) is 0 Å². The van der Waals surface area contributed by atoms with Crippen molar-refractivity contribution in [2.45, 2.75) is 0 Å². The van der Waals surface area contributed by atoms with E-state index in [1.54, 1.807) is 0 Å². The van der Waals surface area contributed by atoms with E-state index in [0.717, 1.165) is 0 Å². The van der Waals surface area contributed by atoms with Crippen molar-refractivity contribution in [3.05, 3.63) is 0 Å². The summed E-state index contributed by atoms with van der Waals surface area (Å²) in [4.78, 5) is 21.6. The van der Waals surface area contributed by atoms with Crippen molar-refractivity contribution in [3.63, 3.8) is 0 Å². The summed E-state index contributed by atoms with van der Waals surface area (Å²) in [5.74, 6) is 0. The number of halogens is 6. The minimum atomic E-state index is -4.64. The summed E-state index contributed by atoms with van der Waals surface area (Å²) in [5, 5.41) is 0. The van der Waals surface area contributed by atoms with Crippen LogP contribution in [0.25, 0.3) is 0 Å². The zero-order valence-electron chi connectivity index (χ0n) is 6.59. The van der Waals surface area contributed by atoms with Gasteiger partial charge >= 0.3 is 121 Å². The van der Waals surface area contributed by atoms with Gasteiger partial charge in [0.05, 0.1) is 0 Å². The van der Waals surface area contributed by atoms with Crippen molar-refractivity contribution in [2.75, 3.05) is 0 Å². The van der Waals surface area contributed by atoms with Crippen LogP contribution in [0.1, 0.15) is 0 Å². The quantitative estimate of drug-likeness (QED) is 0.234. The van der Waals surface area contributed by atoms with Crippen molar-refractivity contribution >= 4 is 121 Å². The van der Waals surface area contributed by atoms with E-state index in [0.29, 0.717) is 0 Å². The molecule has 0 aliphatic heterocycles. The summed E-state index contributed by atoms with van der Waals surface area (Å²) in [6.07, 6.45) is 0. The molecule has 0 radical (unpaired) electrons. The number of hydrogen-bond acceptors (Lipinski definition) is 1. The summed E-state index contributed by atoms with van der Waals surface area (Å²) >= 11 is 0. The first kappa shape index (κ1) is 84.9. The van der Waals surface area contributed by atoms with E-state index in [2.05, 4.69) is 0 Å². The first-order chi connectivity index (χ1) is 2.00. The van der Waals surface area contributed by atoms with Crippen molar-refractivity contribution in [3.8, 4) is 0 Å². The van der Waals surface area contributed by atoms with Crippen molar-refractivity contribution < 1.29 is 47.5 Å². The predicted molar refractivity (Wildman–Crippen MR) is 31.5 cm³/mol. The molecule has 0 aliphatic rings. The zero-order valence-corrected chi connectivity index (χ0v) is 14.1. The summed E-state index contributed by atoms with van der Waals surface area (Å²) in [6.45, 7) is 0. The van der Waals surface area contributed by atoms with Crippen LogP contribution in [0.5, 0.6) is 0 Å². The molecule has 3 N–H and O–H groups in total. The maximum Gasteiger partial charge on any atom is 2.00 e. The van der Waals surface area contributed by atoms with Gasteiger partial charge in [-0.25, -0.2) is 4.57 Å². The van der Waals surface area contributed by atoms with Crippen LogP contribution in [0.15, 0.2) is 0 Å². The molecule has 4 nitrogen and oxygen atoms in total. The van der Waals surface area contributed by atoms with Crippen LogP contribution in [-0.4, -0.2) is 128 Å². The summed E-state index contributed by atoms with van der Waals surface area (Å²) < 4.78 is 8.88. The summed E-state index contributed by atoms with van der Waals surface area (Å²) in [6, 6.07) is 0. The molecule has 0 rings (SSSR count). The van der Waals surface area contributed by atoms with Gasteiger partial charge in [-0.3, -0.25) is 0 Å². The molecule has 14 heteroatoms. The van der Waals surface area contributed by atoms with E-state index >= 15 is 0 Å². The average Bonchev–Trinajstić information content (AvgIpc) is 0.722. The third-order valence-electron chi connectivity index (χ3n) is 0. The van der Waals surface area contributed by atoms with Gasteiger partial charge in [0.25, 0.3) is 0 Å². The standard InChI is InChI=1S/3Ca.6FH.H3O4P/c;;;;;;;;;1-5(2,3)4/h;;;6*1H;(H3,1,2,3,4)/q3*+2;;;;;;;/p-6. The molecule has 0 aromatic heterocycles. The second-order valence-electron chi connectivity index (χ2n) is 0.513. The molecule has 14 heavy (non-hydrogen) atoms. The molecule has 0 saturated heterocycles. The summed E-state index contributed by atoms with van der Waals surface area (Å²) in [5.41, 5.74) is 0. The van der Waals surface area contributed by atoms with Gasteiger partial charge < -0.3 is 42.9 Å². The van der Waals surface area contributed by atoms with Crippen LogP contribution in [-0.2, 0) is 4.57 Å². The van der Waals surface area contributed by atoms with Crippen LogP contribution in [0, 0.1) is 0 Å². The Balaban J connectivity index is -0.00000000222. The second-order valence-corrected chi connectivity index (χ2v) is 1.54. The first-order valence-electron chi connectivity index (χ1n) is 0.783. The molecule has 80 valence electrons. The van der Waals surface area contributed by atoms with E-state index in [1.807, 2.05) is 0 Å². The molecule has 0 spiro atoms. The van der Waals surface area contributed by atoms with Gasteiger partial charge in [0.15, 0.2) is 0 Å². The van der Waals surface area contributed by atoms with E-state index in [1.165, 1.54) is 0 Å². The number of hydrogen-bond donors (Lipinski definition) is 3.